The van der Waals surface area contributed by atoms with Crippen molar-refractivity contribution in [2.45, 2.75) is 25.4 Å². The van der Waals surface area contributed by atoms with Crippen molar-refractivity contribution in [1.82, 2.24) is 0 Å². The molecule has 2 rings (SSSR count). The Bertz CT molecular complexity index is 464. The highest BCUT2D eigenvalue weighted by molar-refractivity contribution is 5.83. The molecule has 0 bridgehead atoms. The number of esters is 1. The summed E-state index contributed by atoms with van der Waals surface area (Å²) >= 11 is 0. The van der Waals surface area contributed by atoms with Gasteiger partial charge in [0.15, 0.2) is 0 Å². The molecule has 0 radical (unpaired) electrons. The molecule has 1 aromatic rings. The van der Waals surface area contributed by atoms with Crippen molar-refractivity contribution in [3.05, 3.63) is 34.4 Å². The van der Waals surface area contributed by atoms with E-state index in [1.807, 2.05) is 0 Å². The lowest BCUT2D eigenvalue weighted by atomic mass is 10.3. The zero-order valence-electron chi connectivity index (χ0n) is 9.92. The largest absolute Gasteiger partial charge is 0.476 e. The minimum absolute atomic E-state index is 0.0108. The minimum Gasteiger partial charge on any atom is -0.476 e. The summed E-state index contributed by atoms with van der Waals surface area (Å²) in [7, 11) is 0. The predicted octanol–water partition coefficient (Wildman–Crippen LogP) is 2.07. The van der Waals surface area contributed by atoms with Crippen molar-refractivity contribution in [1.29, 1.82) is 0 Å². The van der Waals surface area contributed by atoms with Gasteiger partial charge in [-0.2, -0.15) is 0 Å². The average Bonchev–Trinajstić information content (AvgIpc) is 3.11. The molecule has 1 fully saturated rings. The Morgan fingerprint density at radius 3 is 2.44 bits per heavy atom. The molecule has 0 aromatic heterocycles. The van der Waals surface area contributed by atoms with Crippen LogP contribution in [0.25, 0.3) is 0 Å². The third-order valence-corrected chi connectivity index (χ3v) is 2.71. The lowest BCUT2D eigenvalue weighted by Gasteiger charge is -2.16. The van der Waals surface area contributed by atoms with Crippen LogP contribution in [0, 0.1) is 10.1 Å². The molecular weight excluding hydrogens is 238 g/mol. The van der Waals surface area contributed by atoms with E-state index in [-0.39, 0.29) is 11.7 Å². The molecule has 96 valence electrons. The first-order valence-electron chi connectivity index (χ1n) is 5.68. The van der Waals surface area contributed by atoms with Gasteiger partial charge in [0.2, 0.25) is 5.60 Å². The topological polar surface area (TPSA) is 78.7 Å². The SMILES string of the molecule is CCOC(=O)C1(Oc2ccc([N+](=O)[O-])cc2)CC1. The number of benzene rings is 1. The van der Waals surface area contributed by atoms with E-state index in [4.69, 9.17) is 9.47 Å². The molecular formula is C12H13NO5. The van der Waals surface area contributed by atoms with E-state index in [9.17, 15) is 14.9 Å². The molecule has 0 unspecified atom stereocenters. The molecule has 0 spiro atoms. The van der Waals surface area contributed by atoms with Crippen molar-refractivity contribution >= 4 is 11.7 Å². The van der Waals surface area contributed by atoms with Gasteiger partial charge in [-0.15, -0.1) is 0 Å². The zero-order valence-corrected chi connectivity index (χ0v) is 9.92. The number of non-ortho nitro benzene ring substituents is 1. The molecule has 1 aliphatic rings. The monoisotopic (exact) mass is 251 g/mol. The summed E-state index contributed by atoms with van der Waals surface area (Å²) in [5.41, 5.74) is -0.894. The van der Waals surface area contributed by atoms with Gasteiger partial charge in [0.1, 0.15) is 5.75 Å². The van der Waals surface area contributed by atoms with Gasteiger partial charge >= 0.3 is 5.97 Å². The molecule has 1 aromatic carbocycles. The van der Waals surface area contributed by atoms with Crippen LogP contribution in [0.15, 0.2) is 24.3 Å². The molecule has 1 saturated carbocycles. The first-order valence-corrected chi connectivity index (χ1v) is 5.68. The second-order valence-electron chi connectivity index (χ2n) is 4.07. The summed E-state index contributed by atoms with van der Waals surface area (Å²) in [6.45, 7) is 2.05. The van der Waals surface area contributed by atoms with Crippen molar-refractivity contribution in [3.63, 3.8) is 0 Å². The molecule has 0 atom stereocenters. The fourth-order valence-electron chi connectivity index (χ4n) is 1.59. The number of carbonyl (C=O) groups excluding carboxylic acids is 1. The smallest absolute Gasteiger partial charge is 0.350 e. The number of hydrogen-bond acceptors (Lipinski definition) is 5. The molecule has 0 saturated heterocycles. The Hall–Kier alpha value is -2.11. The molecule has 18 heavy (non-hydrogen) atoms. The summed E-state index contributed by atoms with van der Waals surface area (Å²) in [6, 6.07) is 5.65. The van der Waals surface area contributed by atoms with Gasteiger partial charge in [0.05, 0.1) is 11.5 Å². The highest BCUT2D eigenvalue weighted by Crippen LogP contribution is 2.41. The average molecular weight is 251 g/mol. The number of ether oxygens (including phenoxy) is 2. The van der Waals surface area contributed by atoms with E-state index in [2.05, 4.69) is 0 Å². The number of nitro groups is 1. The Morgan fingerprint density at radius 1 is 1.39 bits per heavy atom. The van der Waals surface area contributed by atoms with E-state index in [0.29, 0.717) is 25.2 Å². The van der Waals surface area contributed by atoms with Crippen LogP contribution in [0.5, 0.6) is 5.75 Å². The Morgan fingerprint density at radius 2 is 2.00 bits per heavy atom. The fraction of sp³-hybridized carbons (Fsp3) is 0.417. The van der Waals surface area contributed by atoms with Crippen LogP contribution in [-0.2, 0) is 9.53 Å². The fourth-order valence-corrected chi connectivity index (χ4v) is 1.59. The molecule has 0 aliphatic heterocycles. The van der Waals surface area contributed by atoms with E-state index >= 15 is 0 Å². The van der Waals surface area contributed by atoms with Gasteiger partial charge in [-0.05, 0) is 19.1 Å². The predicted molar refractivity (Wildman–Crippen MR) is 62.3 cm³/mol. The van der Waals surface area contributed by atoms with Gasteiger partial charge in [0, 0.05) is 25.0 Å². The highest BCUT2D eigenvalue weighted by Gasteiger charge is 2.54. The van der Waals surface area contributed by atoms with E-state index in [0.717, 1.165) is 0 Å². The molecule has 1 aliphatic carbocycles. The van der Waals surface area contributed by atoms with Crippen LogP contribution in [-0.4, -0.2) is 23.1 Å². The van der Waals surface area contributed by atoms with Crippen LogP contribution in [0.3, 0.4) is 0 Å². The number of hydrogen-bond donors (Lipinski definition) is 0. The second kappa shape index (κ2) is 4.64. The molecule has 6 nitrogen and oxygen atoms in total. The first-order chi connectivity index (χ1) is 8.57. The lowest BCUT2D eigenvalue weighted by molar-refractivity contribution is -0.384. The van der Waals surface area contributed by atoms with Crippen molar-refractivity contribution < 1.29 is 19.2 Å². The molecule has 0 N–H and O–H groups in total. The third kappa shape index (κ3) is 2.42. The van der Waals surface area contributed by atoms with Gasteiger partial charge in [0.25, 0.3) is 5.69 Å². The van der Waals surface area contributed by atoms with Crippen molar-refractivity contribution in [2.75, 3.05) is 6.61 Å². The van der Waals surface area contributed by atoms with Gasteiger partial charge < -0.3 is 9.47 Å². The Kier molecular flexibility index (Phi) is 3.18. The van der Waals surface area contributed by atoms with Crippen LogP contribution >= 0.6 is 0 Å². The van der Waals surface area contributed by atoms with Crippen LogP contribution < -0.4 is 4.74 Å². The Balaban J connectivity index is 2.05. The van der Waals surface area contributed by atoms with E-state index < -0.39 is 10.5 Å². The summed E-state index contributed by atoms with van der Waals surface area (Å²) in [4.78, 5) is 21.7. The molecule has 6 heteroatoms. The third-order valence-electron chi connectivity index (χ3n) is 2.71. The summed E-state index contributed by atoms with van der Waals surface area (Å²) < 4.78 is 10.5. The standard InChI is InChI=1S/C12H13NO5/c1-2-17-11(14)12(7-8-12)18-10-5-3-9(4-6-10)13(15)16/h3-6H,2,7-8H2,1H3. The maximum absolute atomic E-state index is 11.7. The molecule has 0 heterocycles. The molecule has 0 amide bonds. The van der Waals surface area contributed by atoms with Gasteiger partial charge in [-0.25, -0.2) is 4.79 Å². The summed E-state index contributed by atoms with van der Waals surface area (Å²) in [6.07, 6.45) is 1.23. The van der Waals surface area contributed by atoms with Crippen LogP contribution in [0.1, 0.15) is 19.8 Å². The van der Waals surface area contributed by atoms with Gasteiger partial charge in [-0.1, -0.05) is 0 Å². The van der Waals surface area contributed by atoms with E-state index in [1.165, 1.54) is 24.3 Å². The maximum atomic E-state index is 11.7. The Labute approximate surface area is 104 Å². The summed E-state index contributed by atoms with van der Waals surface area (Å²) in [5.74, 6) is 0.0644. The van der Waals surface area contributed by atoms with Crippen molar-refractivity contribution in [3.8, 4) is 5.75 Å². The summed E-state index contributed by atoms with van der Waals surface area (Å²) in [5, 5.41) is 10.5. The number of rotatable bonds is 5. The normalized spacial score (nSPS) is 15.8. The second-order valence-corrected chi connectivity index (χ2v) is 4.07. The van der Waals surface area contributed by atoms with Crippen molar-refractivity contribution in [2.24, 2.45) is 0 Å². The van der Waals surface area contributed by atoms with Crippen LogP contribution in [0.2, 0.25) is 0 Å². The lowest BCUT2D eigenvalue weighted by Crippen LogP contribution is -2.31. The highest BCUT2D eigenvalue weighted by atomic mass is 16.6. The number of nitro benzene ring substituents is 1. The number of nitrogens with zero attached hydrogens (tertiary/aromatic N) is 1. The quantitative estimate of drug-likeness (QED) is 0.454. The number of carbonyl (C=O) groups is 1. The van der Waals surface area contributed by atoms with Gasteiger partial charge in [-0.3, -0.25) is 10.1 Å². The zero-order chi connectivity index (χ0) is 13.2. The minimum atomic E-state index is -0.883. The maximum Gasteiger partial charge on any atom is 0.350 e. The first kappa shape index (κ1) is 12.3. The van der Waals surface area contributed by atoms with E-state index in [1.54, 1.807) is 6.92 Å². The van der Waals surface area contributed by atoms with Crippen LogP contribution in [0.4, 0.5) is 5.69 Å².